The summed E-state index contributed by atoms with van der Waals surface area (Å²) in [5, 5.41) is 19.7. The molecule has 0 aromatic heterocycles. The monoisotopic (exact) mass is 424 g/mol. The third-order valence-electron chi connectivity index (χ3n) is 5.46. The van der Waals surface area contributed by atoms with E-state index < -0.39 is 11.9 Å². The summed E-state index contributed by atoms with van der Waals surface area (Å²) in [6.45, 7) is 4.35. The average molecular weight is 425 g/mol. The van der Waals surface area contributed by atoms with Gasteiger partial charge in [-0.1, -0.05) is 89.7 Å². The summed E-state index contributed by atoms with van der Waals surface area (Å²) in [5.74, 6) is -2.41. The van der Waals surface area contributed by atoms with Gasteiger partial charge in [-0.25, -0.2) is 9.59 Å². The molecule has 0 amide bonds. The number of halogens is 1. The van der Waals surface area contributed by atoms with Crippen molar-refractivity contribution in [2.75, 3.05) is 0 Å². The Labute approximate surface area is 180 Å². The van der Waals surface area contributed by atoms with Crippen molar-refractivity contribution in [1.29, 1.82) is 0 Å². The number of aryl methyl sites for hydroxylation is 1. The van der Waals surface area contributed by atoms with Crippen molar-refractivity contribution < 1.29 is 19.8 Å². The van der Waals surface area contributed by atoms with Crippen LogP contribution in [0.3, 0.4) is 0 Å². The number of unbranched alkanes of at least 4 members (excludes halogenated alkanes) is 10. The van der Waals surface area contributed by atoms with E-state index in [0.29, 0.717) is 23.4 Å². The second-order valence-corrected chi connectivity index (χ2v) is 8.27. The van der Waals surface area contributed by atoms with Crippen LogP contribution in [0.1, 0.15) is 123 Å². The highest BCUT2D eigenvalue weighted by atomic mass is 35.5. The molecule has 0 unspecified atom stereocenters. The van der Waals surface area contributed by atoms with Crippen molar-refractivity contribution in [2.24, 2.45) is 0 Å². The van der Waals surface area contributed by atoms with Gasteiger partial charge in [-0.05, 0) is 42.9 Å². The second kappa shape index (κ2) is 14.4. The number of carboxylic acid groups (broad SMARTS) is 2. The van der Waals surface area contributed by atoms with Gasteiger partial charge < -0.3 is 10.2 Å². The number of rotatable bonds is 16. The molecule has 0 heterocycles. The van der Waals surface area contributed by atoms with Crippen LogP contribution in [0, 0.1) is 0 Å². The number of hydrogen-bond acceptors (Lipinski definition) is 2. The third kappa shape index (κ3) is 8.77. The van der Waals surface area contributed by atoms with Crippen LogP contribution in [0.15, 0.2) is 6.07 Å². The number of carboxylic acids is 2. The Morgan fingerprint density at radius 1 is 0.759 bits per heavy atom. The Balaban J connectivity index is 2.94. The van der Waals surface area contributed by atoms with Gasteiger partial charge in [0.1, 0.15) is 0 Å². The van der Waals surface area contributed by atoms with E-state index in [0.717, 1.165) is 44.1 Å². The molecule has 0 aliphatic rings. The average Bonchev–Trinajstić information content (AvgIpc) is 2.68. The first-order valence-electron chi connectivity index (χ1n) is 11.2. The van der Waals surface area contributed by atoms with E-state index in [4.69, 9.17) is 11.6 Å². The molecular formula is C24H37ClO4. The molecule has 0 spiro atoms. The zero-order valence-corrected chi connectivity index (χ0v) is 18.8. The maximum absolute atomic E-state index is 11.8. The third-order valence-corrected chi connectivity index (χ3v) is 5.93. The Kier molecular flexibility index (Phi) is 12.7. The Bertz CT molecular complexity index is 655. The maximum atomic E-state index is 11.8. The quantitative estimate of drug-likeness (QED) is 0.269. The van der Waals surface area contributed by atoms with E-state index in [1.54, 1.807) is 0 Å². The standard InChI is InChI=1S/C24H37ClO4/c1-3-5-7-9-11-13-15-18-17-20(23(26)27)21(24(28)29)19(22(18)25)16-14-12-10-8-6-4-2/h17H,3-16H2,1-2H3,(H,26,27)(H,28,29). The maximum Gasteiger partial charge on any atom is 0.336 e. The van der Waals surface area contributed by atoms with Crippen molar-refractivity contribution in [3.8, 4) is 0 Å². The molecule has 2 N–H and O–H groups in total. The van der Waals surface area contributed by atoms with Gasteiger partial charge in [-0.3, -0.25) is 0 Å². The second-order valence-electron chi connectivity index (χ2n) is 7.90. The fourth-order valence-electron chi connectivity index (χ4n) is 3.78. The van der Waals surface area contributed by atoms with Crippen LogP contribution < -0.4 is 0 Å². The van der Waals surface area contributed by atoms with E-state index in [-0.39, 0.29) is 11.1 Å². The molecule has 0 aliphatic heterocycles. The largest absolute Gasteiger partial charge is 0.478 e. The highest BCUT2D eigenvalue weighted by Crippen LogP contribution is 2.31. The molecular weight excluding hydrogens is 388 g/mol. The summed E-state index contributed by atoms with van der Waals surface area (Å²) in [4.78, 5) is 23.6. The summed E-state index contributed by atoms with van der Waals surface area (Å²) in [5.41, 5.74) is 0.993. The summed E-state index contributed by atoms with van der Waals surface area (Å²) >= 11 is 6.60. The number of carbonyl (C=O) groups is 2. The fraction of sp³-hybridized carbons (Fsp3) is 0.667. The summed E-state index contributed by atoms with van der Waals surface area (Å²) < 4.78 is 0. The lowest BCUT2D eigenvalue weighted by atomic mass is 9.91. The Morgan fingerprint density at radius 2 is 1.24 bits per heavy atom. The van der Waals surface area contributed by atoms with E-state index in [1.165, 1.54) is 44.6 Å². The molecule has 0 aliphatic carbocycles. The number of benzene rings is 1. The van der Waals surface area contributed by atoms with Gasteiger partial charge >= 0.3 is 11.9 Å². The van der Waals surface area contributed by atoms with Gasteiger partial charge in [0.25, 0.3) is 0 Å². The predicted octanol–water partition coefficient (Wildman–Crippen LogP) is 7.54. The molecule has 0 radical (unpaired) electrons. The summed E-state index contributed by atoms with van der Waals surface area (Å²) in [6, 6.07) is 1.48. The molecule has 0 atom stereocenters. The van der Waals surface area contributed by atoms with Crippen LogP contribution in [0.25, 0.3) is 0 Å². The first kappa shape index (κ1) is 25.5. The minimum atomic E-state index is -1.21. The van der Waals surface area contributed by atoms with Crippen molar-refractivity contribution in [2.45, 2.75) is 104 Å². The van der Waals surface area contributed by atoms with E-state index in [2.05, 4.69) is 13.8 Å². The minimum absolute atomic E-state index is 0.135. The number of aromatic carboxylic acids is 2. The first-order valence-corrected chi connectivity index (χ1v) is 11.6. The lowest BCUT2D eigenvalue weighted by molar-refractivity contribution is 0.0650. The predicted molar refractivity (Wildman–Crippen MR) is 120 cm³/mol. The normalized spacial score (nSPS) is 11.0. The lowest BCUT2D eigenvalue weighted by Crippen LogP contribution is -2.14. The fourth-order valence-corrected chi connectivity index (χ4v) is 4.12. The van der Waals surface area contributed by atoms with Gasteiger partial charge in [-0.15, -0.1) is 0 Å². The van der Waals surface area contributed by atoms with Crippen LogP contribution in [-0.4, -0.2) is 22.2 Å². The molecule has 1 aromatic carbocycles. The lowest BCUT2D eigenvalue weighted by Gasteiger charge is -2.16. The highest BCUT2D eigenvalue weighted by Gasteiger charge is 2.24. The van der Waals surface area contributed by atoms with Crippen molar-refractivity contribution >= 4 is 23.5 Å². The first-order chi connectivity index (χ1) is 13.9. The highest BCUT2D eigenvalue weighted by molar-refractivity contribution is 6.33. The SMILES string of the molecule is CCCCCCCCc1cc(C(=O)O)c(C(=O)O)c(CCCCCCCC)c1Cl. The van der Waals surface area contributed by atoms with Gasteiger partial charge in [0.2, 0.25) is 0 Å². The van der Waals surface area contributed by atoms with Gasteiger partial charge in [0.15, 0.2) is 0 Å². The Morgan fingerprint density at radius 3 is 1.72 bits per heavy atom. The van der Waals surface area contributed by atoms with Crippen LogP contribution in [0.5, 0.6) is 0 Å². The molecule has 0 saturated carbocycles. The molecule has 5 heteroatoms. The zero-order chi connectivity index (χ0) is 21.6. The zero-order valence-electron chi connectivity index (χ0n) is 18.1. The van der Waals surface area contributed by atoms with E-state index >= 15 is 0 Å². The van der Waals surface area contributed by atoms with Crippen LogP contribution >= 0.6 is 11.6 Å². The molecule has 4 nitrogen and oxygen atoms in total. The molecule has 0 fully saturated rings. The van der Waals surface area contributed by atoms with Gasteiger partial charge in [-0.2, -0.15) is 0 Å². The topological polar surface area (TPSA) is 74.6 Å². The van der Waals surface area contributed by atoms with Gasteiger partial charge in [0, 0.05) is 5.02 Å². The molecule has 1 aromatic rings. The van der Waals surface area contributed by atoms with Crippen molar-refractivity contribution in [3.63, 3.8) is 0 Å². The molecule has 164 valence electrons. The summed E-state index contributed by atoms with van der Waals surface area (Å²) in [6.07, 6.45) is 14.5. The van der Waals surface area contributed by atoms with Crippen molar-refractivity contribution in [3.05, 3.63) is 33.3 Å². The molecule has 1 rings (SSSR count). The molecule has 29 heavy (non-hydrogen) atoms. The smallest absolute Gasteiger partial charge is 0.336 e. The van der Waals surface area contributed by atoms with Crippen LogP contribution in [0.2, 0.25) is 5.02 Å². The van der Waals surface area contributed by atoms with Crippen LogP contribution in [-0.2, 0) is 12.8 Å². The van der Waals surface area contributed by atoms with E-state index in [1.807, 2.05) is 0 Å². The van der Waals surface area contributed by atoms with E-state index in [9.17, 15) is 19.8 Å². The van der Waals surface area contributed by atoms with Crippen LogP contribution in [0.4, 0.5) is 0 Å². The number of hydrogen-bond donors (Lipinski definition) is 2. The Hall–Kier alpha value is -1.55. The van der Waals surface area contributed by atoms with Gasteiger partial charge in [0.05, 0.1) is 11.1 Å². The minimum Gasteiger partial charge on any atom is -0.478 e. The molecule has 0 bridgehead atoms. The molecule has 0 saturated heterocycles. The summed E-state index contributed by atoms with van der Waals surface area (Å²) in [7, 11) is 0. The van der Waals surface area contributed by atoms with Crippen molar-refractivity contribution in [1.82, 2.24) is 0 Å².